The fourth-order valence-corrected chi connectivity index (χ4v) is 1.14. The summed E-state index contributed by atoms with van der Waals surface area (Å²) in [7, 11) is 0. The van der Waals surface area contributed by atoms with Crippen molar-refractivity contribution < 1.29 is 24.3 Å². The van der Waals surface area contributed by atoms with Gasteiger partial charge in [-0.05, 0) is 5.92 Å². The molecule has 3 N–H and O–H groups in total. The van der Waals surface area contributed by atoms with Gasteiger partial charge in [0.1, 0.15) is 0 Å². The molecule has 0 saturated heterocycles. The van der Waals surface area contributed by atoms with Crippen LogP contribution in [-0.4, -0.2) is 40.2 Å². The number of hydrogen-bond acceptors (Lipinski definition) is 4. The van der Waals surface area contributed by atoms with Crippen molar-refractivity contribution >= 4 is 23.7 Å². The lowest BCUT2D eigenvalue weighted by molar-refractivity contribution is -0.140. The van der Waals surface area contributed by atoms with Gasteiger partial charge in [0.25, 0.3) is 11.8 Å². The predicted molar refractivity (Wildman–Crippen MR) is 71.3 cm³/mol. The maximum atomic E-state index is 10.8. The Morgan fingerprint density at radius 1 is 1.30 bits per heavy atom. The highest BCUT2D eigenvalue weighted by molar-refractivity contribution is 6.12. The summed E-state index contributed by atoms with van der Waals surface area (Å²) in [5, 5.41) is 8.28. The first-order chi connectivity index (χ1) is 9.16. The summed E-state index contributed by atoms with van der Waals surface area (Å²) in [6.07, 6.45) is 2.05. The van der Waals surface area contributed by atoms with Gasteiger partial charge in [0.2, 0.25) is 5.91 Å². The molecule has 0 unspecified atom stereocenters. The molecule has 0 aromatic heterocycles. The Bertz CT molecular complexity index is 447. The number of hydrogen-bond donors (Lipinski definition) is 2. The van der Waals surface area contributed by atoms with Gasteiger partial charge < -0.3 is 10.8 Å². The molecule has 0 aromatic rings. The second kappa shape index (κ2) is 7.88. The van der Waals surface area contributed by atoms with Crippen molar-refractivity contribution in [2.45, 2.75) is 20.3 Å². The Labute approximate surface area is 116 Å². The molecule has 110 valence electrons. The van der Waals surface area contributed by atoms with Crippen molar-refractivity contribution in [1.29, 1.82) is 0 Å². The van der Waals surface area contributed by atoms with E-state index in [1.807, 2.05) is 13.8 Å². The van der Waals surface area contributed by atoms with Crippen LogP contribution < -0.4 is 5.73 Å². The first-order valence-electron chi connectivity index (χ1n) is 5.90. The van der Waals surface area contributed by atoms with Gasteiger partial charge in [-0.25, -0.2) is 0 Å². The number of carboxylic acid groups (broad SMARTS) is 1. The van der Waals surface area contributed by atoms with Crippen LogP contribution in [0.3, 0.4) is 0 Å². The van der Waals surface area contributed by atoms with Crippen LogP contribution in [0.25, 0.3) is 0 Å². The molecule has 0 spiro atoms. The Morgan fingerprint density at radius 3 is 2.00 bits per heavy atom. The number of nitrogens with two attached hydrogens (primary N) is 1. The molecule has 1 aliphatic rings. The van der Waals surface area contributed by atoms with Crippen LogP contribution in [0.15, 0.2) is 24.3 Å². The van der Waals surface area contributed by atoms with Gasteiger partial charge in [0.15, 0.2) is 0 Å². The summed E-state index contributed by atoms with van der Waals surface area (Å²) in [6, 6.07) is 0. The molecule has 0 aliphatic carbocycles. The minimum absolute atomic E-state index is 0.0556. The molecule has 1 heterocycles. The molecule has 0 atom stereocenters. The number of carbonyl (C=O) groups is 4. The summed E-state index contributed by atoms with van der Waals surface area (Å²) in [6.45, 7) is 7.19. The summed E-state index contributed by atoms with van der Waals surface area (Å²) in [5.74, 6) is -2.14. The van der Waals surface area contributed by atoms with Crippen molar-refractivity contribution in [3.63, 3.8) is 0 Å². The standard InChI is InChI=1S/C7H7NO4.C6H11NO/c9-5-1-2-6(10)8(5)4-3-7(11)12;1-4(2)5(3)6(7)8/h1-2H,3-4H2,(H,11,12);4H,3H2,1-2H3,(H2,7,8). The van der Waals surface area contributed by atoms with Crippen molar-refractivity contribution in [2.75, 3.05) is 6.54 Å². The second-order valence-corrected chi connectivity index (χ2v) is 4.35. The van der Waals surface area contributed by atoms with Crippen LogP contribution in [0.2, 0.25) is 0 Å². The highest BCUT2D eigenvalue weighted by Crippen LogP contribution is 2.04. The number of nitrogens with zero attached hydrogens (tertiary/aromatic N) is 1. The SMILES string of the molecule is C=C(C(N)=O)C(C)C.O=C(O)CCN1C(=O)C=CC1=O. The zero-order valence-corrected chi connectivity index (χ0v) is 11.5. The van der Waals surface area contributed by atoms with Crippen LogP contribution in [0.1, 0.15) is 20.3 Å². The third kappa shape index (κ3) is 5.94. The van der Waals surface area contributed by atoms with Crippen LogP contribution in [0.5, 0.6) is 0 Å². The van der Waals surface area contributed by atoms with E-state index >= 15 is 0 Å². The van der Waals surface area contributed by atoms with Gasteiger partial charge in [-0.3, -0.25) is 24.1 Å². The molecular formula is C13H18N2O5. The Balaban J connectivity index is 0.000000396. The van der Waals surface area contributed by atoms with E-state index in [0.29, 0.717) is 5.57 Å². The molecule has 1 rings (SSSR count). The van der Waals surface area contributed by atoms with Crippen LogP contribution in [0.4, 0.5) is 0 Å². The number of aliphatic carboxylic acids is 1. The molecule has 0 saturated carbocycles. The average molecular weight is 282 g/mol. The number of carbonyl (C=O) groups excluding carboxylic acids is 3. The lowest BCUT2D eigenvalue weighted by Gasteiger charge is -2.10. The van der Waals surface area contributed by atoms with Gasteiger partial charge in [0, 0.05) is 24.3 Å². The average Bonchev–Trinajstić information content (AvgIpc) is 2.66. The quantitative estimate of drug-likeness (QED) is 0.546. The van der Waals surface area contributed by atoms with E-state index < -0.39 is 23.7 Å². The molecule has 0 radical (unpaired) electrons. The predicted octanol–water partition coefficient (Wildman–Crippen LogP) is 0.0700. The fraction of sp³-hybridized carbons (Fsp3) is 0.385. The minimum atomic E-state index is -1.03. The number of imide groups is 1. The fourth-order valence-electron chi connectivity index (χ4n) is 1.14. The molecule has 7 heteroatoms. The monoisotopic (exact) mass is 282 g/mol. The summed E-state index contributed by atoms with van der Waals surface area (Å²) >= 11 is 0. The Kier molecular flexibility index (Phi) is 6.92. The summed E-state index contributed by atoms with van der Waals surface area (Å²) in [4.78, 5) is 42.9. The van der Waals surface area contributed by atoms with E-state index in [1.54, 1.807) is 0 Å². The lowest BCUT2D eigenvalue weighted by atomic mass is 10.1. The van der Waals surface area contributed by atoms with Crippen LogP contribution in [-0.2, 0) is 19.2 Å². The third-order valence-corrected chi connectivity index (χ3v) is 2.46. The minimum Gasteiger partial charge on any atom is -0.481 e. The van der Waals surface area contributed by atoms with Gasteiger partial charge in [-0.1, -0.05) is 20.4 Å². The molecule has 0 bridgehead atoms. The number of primary amides is 1. The zero-order valence-electron chi connectivity index (χ0n) is 11.5. The first kappa shape index (κ1) is 17.6. The third-order valence-electron chi connectivity index (χ3n) is 2.46. The molecule has 0 fully saturated rings. The maximum Gasteiger partial charge on any atom is 0.305 e. The van der Waals surface area contributed by atoms with Crippen molar-refractivity contribution in [3.05, 3.63) is 24.3 Å². The number of amides is 3. The number of carboxylic acids is 1. The molecule has 7 nitrogen and oxygen atoms in total. The second-order valence-electron chi connectivity index (χ2n) is 4.35. The molecule has 20 heavy (non-hydrogen) atoms. The van der Waals surface area contributed by atoms with Gasteiger partial charge in [-0.15, -0.1) is 0 Å². The van der Waals surface area contributed by atoms with E-state index in [1.165, 1.54) is 0 Å². The van der Waals surface area contributed by atoms with Crippen molar-refractivity contribution in [2.24, 2.45) is 11.7 Å². The van der Waals surface area contributed by atoms with E-state index in [-0.39, 0.29) is 18.9 Å². The van der Waals surface area contributed by atoms with Gasteiger partial charge >= 0.3 is 5.97 Å². The van der Waals surface area contributed by atoms with Gasteiger partial charge in [-0.2, -0.15) is 0 Å². The summed E-state index contributed by atoms with van der Waals surface area (Å²) in [5.41, 5.74) is 5.39. The molecular weight excluding hydrogens is 264 g/mol. The largest absolute Gasteiger partial charge is 0.481 e. The Morgan fingerprint density at radius 2 is 1.75 bits per heavy atom. The lowest BCUT2D eigenvalue weighted by Crippen LogP contribution is -2.31. The summed E-state index contributed by atoms with van der Waals surface area (Å²) < 4.78 is 0. The zero-order chi connectivity index (χ0) is 15.9. The van der Waals surface area contributed by atoms with E-state index in [0.717, 1.165) is 17.1 Å². The van der Waals surface area contributed by atoms with E-state index in [9.17, 15) is 19.2 Å². The Hall–Kier alpha value is -2.44. The normalized spacial score (nSPS) is 13.2. The van der Waals surface area contributed by atoms with Crippen LogP contribution in [0, 0.1) is 5.92 Å². The number of rotatable bonds is 5. The smallest absolute Gasteiger partial charge is 0.305 e. The van der Waals surface area contributed by atoms with Crippen molar-refractivity contribution in [1.82, 2.24) is 4.90 Å². The topological polar surface area (TPSA) is 118 Å². The highest BCUT2D eigenvalue weighted by atomic mass is 16.4. The van der Waals surface area contributed by atoms with E-state index in [4.69, 9.17) is 10.8 Å². The first-order valence-corrected chi connectivity index (χ1v) is 5.90. The highest BCUT2D eigenvalue weighted by Gasteiger charge is 2.23. The molecule has 0 aromatic carbocycles. The molecule has 1 aliphatic heterocycles. The molecule has 3 amide bonds. The van der Waals surface area contributed by atoms with Gasteiger partial charge in [0.05, 0.1) is 6.42 Å². The van der Waals surface area contributed by atoms with Crippen molar-refractivity contribution in [3.8, 4) is 0 Å². The van der Waals surface area contributed by atoms with E-state index in [2.05, 4.69) is 6.58 Å². The maximum absolute atomic E-state index is 10.8. The van der Waals surface area contributed by atoms with Crippen LogP contribution >= 0.6 is 0 Å².